The summed E-state index contributed by atoms with van der Waals surface area (Å²) in [6.45, 7) is 4.92. The normalized spacial score (nSPS) is 14.5. The number of esters is 1. The van der Waals surface area contributed by atoms with E-state index in [1.807, 2.05) is 0 Å². The van der Waals surface area contributed by atoms with Gasteiger partial charge in [0.1, 0.15) is 6.04 Å². The monoisotopic (exact) mass is 255 g/mol. The molecule has 0 fully saturated rings. The summed E-state index contributed by atoms with van der Waals surface area (Å²) in [5.41, 5.74) is 3.52. The highest BCUT2D eigenvalue weighted by molar-refractivity contribution is 5.78. The molecule has 0 bridgehead atoms. The van der Waals surface area contributed by atoms with Gasteiger partial charge in [-0.2, -0.15) is 13.2 Å². The highest BCUT2D eigenvalue weighted by atomic mass is 19.4. The Balaban J connectivity index is 5.08. The Morgan fingerprint density at radius 3 is 2.00 bits per heavy atom. The lowest BCUT2D eigenvalue weighted by Crippen LogP contribution is -2.55. The second-order valence-electron chi connectivity index (χ2n) is 4.02. The maximum atomic E-state index is 12.7. The number of carbonyl (C=O) groups is 1. The Hall–Kier alpha value is -0.780. The molecule has 0 aliphatic heterocycles. The van der Waals surface area contributed by atoms with Crippen LogP contribution in [0.5, 0.6) is 0 Å². The average molecular weight is 255 g/mol. The van der Waals surface area contributed by atoms with Crippen molar-refractivity contribution in [1.82, 2.24) is 0 Å². The van der Waals surface area contributed by atoms with Crippen molar-refractivity contribution >= 4 is 5.97 Å². The van der Waals surface area contributed by atoms with Gasteiger partial charge in [0, 0.05) is 0 Å². The van der Waals surface area contributed by atoms with Gasteiger partial charge in [-0.15, -0.1) is 0 Å². The van der Waals surface area contributed by atoms with E-state index < -0.39 is 23.6 Å². The van der Waals surface area contributed by atoms with Gasteiger partial charge in [-0.25, -0.2) is 0 Å². The van der Waals surface area contributed by atoms with Crippen molar-refractivity contribution in [3.63, 3.8) is 0 Å². The minimum atomic E-state index is -4.60. The van der Waals surface area contributed by atoms with Gasteiger partial charge in [0.2, 0.25) is 0 Å². The lowest BCUT2D eigenvalue weighted by Gasteiger charge is -2.35. The zero-order chi connectivity index (χ0) is 13.7. The van der Waals surface area contributed by atoms with Gasteiger partial charge < -0.3 is 10.5 Å². The molecular weight excluding hydrogens is 235 g/mol. The Kier molecular flexibility index (Phi) is 5.95. The number of ether oxygens (including phenoxy) is 1. The van der Waals surface area contributed by atoms with E-state index in [0.717, 1.165) is 0 Å². The smallest absolute Gasteiger partial charge is 0.404 e. The maximum absolute atomic E-state index is 12.7. The first kappa shape index (κ1) is 16.2. The molecule has 102 valence electrons. The van der Waals surface area contributed by atoms with Crippen molar-refractivity contribution in [3.8, 4) is 0 Å². The number of alkyl halides is 3. The molecule has 0 spiro atoms. The molecule has 0 rings (SSSR count). The second-order valence-corrected chi connectivity index (χ2v) is 4.02. The predicted molar refractivity (Wildman–Crippen MR) is 58.3 cm³/mol. The van der Waals surface area contributed by atoms with Crippen LogP contribution in [0.15, 0.2) is 0 Å². The van der Waals surface area contributed by atoms with Crippen molar-refractivity contribution in [2.45, 2.75) is 52.3 Å². The van der Waals surface area contributed by atoms with Crippen molar-refractivity contribution in [3.05, 3.63) is 0 Å². The van der Waals surface area contributed by atoms with Crippen LogP contribution in [0.1, 0.15) is 40.0 Å². The summed E-state index contributed by atoms with van der Waals surface area (Å²) in [7, 11) is 0. The first-order valence-corrected chi connectivity index (χ1v) is 5.75. The minimum absolute atomic E-state index is 0.00667. The zero-order valence-electron chi connectivity index (χ0n) is 10.4. The second kappa shape index (κ2) is 6.23. The number of halogens is 3. The third kappa shape index (κ3) is 3.59. The summed E-state index contributed by atoms with van der Waals surface area (Å²) in [6.07, 6.45) is -4.02. The maximum Gasteiger partial charge on any atom is 0.404 e. The summed E-state index contributed by atoms with van der Waals surface area (Å²) in [6, 6.07) is -2.19. The van der Waals surface area contributed by atoms with E-state index in [9.17, 15) is 18.0 Å². The third-order valence-electron chi connectivity index (χ3n) is 3.05. The molecule has 0 aliphatic carbocycles. The molecular formula is C11H20F3NO2. The molecule has 0 radical (unpaired) electrons. The highest BCUT2D eigenvalue weighted by Crippen LogP contribution is 2.39. The van der Waals surface area contributed by atoms with E-state index in [2.05, 4.69) is 0 Å². The number of carbonyl (C=O) groups excluding carboxylic acids is 1. The van der Waals surface area contributed by atoms with Gasteiger partial charge in [0.15, 0.2) is 0 Å². The summed E-state index contributed by atoms with van der Waals surface area (Å²) < 4.78 is 42.8. The predicted octanol–water partition coefficient (Wildman–Crippen LogP) is 2.64. The molecule has 2 N–H and O–H groups in total. The van der Waals surface area contributed by atoms with Crippen molar-refractivity contribution < 1.29 is 22.7 Å². The molecule has 0 unspecified atom stereocenters. The highest BCUT2D eigenvalue weighted by Gasteiger charge is 2.54. The Morgan fingerprint density at radius 2 is 1.71 bits per heavy atom. The average Bonchev–Trinajstić information content (AvgIpc) is 2.27. The zero-order valence-corrected chi connectivity index (χ0v) is 10.4. The van der Waals surface area contributed by atoms with E-state index in [1.165, 1.54) is 13.8 Å². The minimum Gasteiger partial charge on any atom is -0.465 e. The molecule has 6 heteroatoms. The van der Waals surface area contributed by atoms with Crippen LogP contribution in [-0.2, 0) is 9.53 Å². The summed E-state index contributed by atoms with van der Waals surface area (Å²) in [5, 5.41) is 0. The van der Waals surface area contributed by atoms with Crippen molar-refractivity contribution in [1.29, 1.82) is 0 Å². The van der Waals surface area contributed by atoms with Gasteiger partial charge in [-0.05, 0) is 19.3 Å². The van der Waals surface area contributed by atoms with Crippen LogP contribution in [0.2, 0.25) is 0 Å². The van der Waals surface area contributed by atoms with Crippen LogP contribution < -0.4 is 5.73 Å². The summed E-state index contributed by atoms with van der Waals surface area (Å²) in [5.74, 6) is -0.853. The summed E-state index contributed by atoms with van der Waals surface area (Å²) in [4.78, 5) is 11.8. The fraction of sp³-hybridized carbons (Fsp3) is 0.909. The van der Waals surface area contributed by atoms with Gasteiger partial charge in [0.05, 0.1) is 12.0 Å². The molecule has 0 aromatic heterocycles. The van der Waals surface area contributed by atoms with Crippen molar-refractivity contribution in [2.75, 3.05) is 6.61 Å². The molecule has 0 aromatic carbocycles. The van der Waals surface area contributed by atoms with Gasteiger partial charge in [-0.1, -0.05) is 20.8 Å². The fourth-order valence-electron chi connectivity index (χ4n) is 1.76. The molecule has 0 aliphatic rings. The SMILES string of the molecule is CCCOC(=O)C(CC)(CC)[C@H](N)C(F)(F)F. The number of hydrogen-bond donors (Lipinski definition) is 1. The van der Waals surface area contributed by atoms with E-state index >= 15 is 0 Å². The standard InChI is InChI=1S/C11H20F3NO2/c1-4-7-17-9(16)10(5-2,6-3)8(15)11(12,13)14/h8H,4-7,15H2,1-3H3/t8-/m0/s1. The molecule has 0 heterocycles. The number of nitrogens with two attached hydrogens (primary N) is 1. The molecule has 0 aromatic rings. The molecule has 17 heavy (non-hydrogen) atoms. The third-order valence-corrected chi connectivity index (χ3v) is 3.05. The fourth-order valence-corrected chi connectivity index (χ4v) is 1.76. The van der Waals surface area contributed by atoms with E-state index in [0.29, 0.717) is 6.42 Å². The largest absolute Gasteiger partial charge is 0.465 e. The van der Waals surface area contributed by atoms with Gasteiger partial charge >= 0.3 is 12.1 Å². The molecule has 0 amide bonds. The molecule has 1 atom stereocenters. The molecule has 0 saturated carbocycles. The quantitative estimate of drug-likeness (QED) is 0.742. The summed E-state index contributed by atoms with van der Waals surface area (Å²) >= 11 is 0. The lowest BCUT2D eigenvalue weighted by molar-refractivity contribution is -0.194. The first-order chi connectivity index (χ1) is 7.76. The Morgan fingerprint density at radius 1 is 1.24 bits per heavy atom. The van der Waals surface area contributed by atoms with Gasteiger partial charge in [-0.3, -0.25) is 4.79 Å². The van der Waals surface area contributed by atoms with E-state index in [-0.39, 0.29) is 19.4 Å². The van der Waals surface area contributed by atoms with Crippen LogP contribution >= 0.6 is 0 Å². The van der Waals surface area contributed by atoms with Crippen LogP contribution in [0.4, 0.5) is 13.2 Å². The van der Waals surface area contributed by atoms with Crippen LogP contribution in [-0.4, -0.2) is 24.8 Å². The Labute approximate surface area is 99.5 Å². The van der Waals surface area contributed by atoms with Crippen LogP contribution in [0, 0.1) is 5.41 Å². The lowest BCUT2D eigenvalue weighted by atomic mass is 9.75. The van der Waals surface area contributed by atoms with Gasteiger partial charge in [0.25, 0.3) is 0 Å². The topological polar surface area (TPSA) is 52.3 Å². The van der Waals surface area contributed by atoms with Crippen LogP contribution in [0.25, 0.3) is 0 Å². The molecule has 0 saturated heterocycles. The Bertz CT molecular complexity index is 250. The van der Waals surface area contributed by atoms with E-state index in [4.69, 9.17) is 10.5 Å². The van der Waals surface area contributed by atoms with Crippen molar-refractivity contribution in [2.24, 2.45) is 11.1 Å². The number of hydrogen-bond acceptors (Lipinski definition) is 3. The molecule has 3 nitrogen and oxygen atoms in total. The number of rotatable bonds is 6. The first-order valence-electron chi connectivity index (χ1n) is 5.75. The van der Waals surface area contributed by atoms with Crippen LogP contribution in [0.3, 0.4) is 0 Å². The van der Waals surface area contributed by atoms with E-state index in [1.54, 1.807) is 6.92 Å².